The fourth-order valence-electron chi connectivity index (χ4n) is 7.20. The van der Waals surface area contributed by atoms with Crippen LogP contribution in [0, 0.1) is 24.2 Å². The molecule has 2 heterocycles. The first kappa shape index (κ1) is 38.0. The monoisotopic (exact) mass is 688 g/mol. The van der Waals surface area contributed by atoms with E-state index in [2.05, 4.69) is 29.8 Å². The van der Waals surface area contributed by atoms with Crippen LogP contribution in [0.1, 0.15) is 104 Å². The Morgan fingerprint density at radius 3 is 2.15 bits per heavy atom. The van der Waals surface area contributed by atoms with Crippen molar-refractivity contribution in [2.75, 3.05) is 19.2 Å². The average molecular weight is 689 g/mol. The quantitative estimate of drug-likeness (QED) is 0.274. The minimum atomic E-state index is -3.88. The van der Waals surface area contributed by atoms with Gasteiger partial charge in [0.2, 0.25) is 17.6 Å². The number of hydrogen-bond donors (Lipinski definition) is 3. The summed E-state index contributed by atoms with van der Waals surface area (Å²) in [6.45, 7) is 12.5. The van der Waals surface area contributed by atoms with Crippen molar-refractivity contribution in [3.63, 3.8) is 0 Å². The number of Topliss-reactive ketones (excluding diaryl/α,β-unsaturated/α-hetero) is 1. The Kier molecular flexibility index (Phi) is 12.5. The van der Waals surface area contributed by atoms with Crippen LogP contribution in [-0.4, -0.2) is 79.7 Å². The molecule has 48 heavy (non-hydrogen) atoms. The molecule has 3 fully saturated rings. The molecule has 4 rings (SSSR count). The van der Waals surface area contributed by atoms with Crippen molar-refractivity contribution in [3.05, 3.63) is 29.8 Å². The molecule has 0 radical (unpaired) electrons. The van der Waals surface area contributed by atoms with E-state index in [1.54, 1.807) is 17.0 Å². The predicted octanol–water partition coefficient (Wildman–Crippen LogP) is 4.02. The fourth-order valence-corrected chi connectivity index (χ4v) is 8.24. The number of aryl methyl sites for hydroxylation is 1. The molecule has 2 aliphatic heterocycles. The summed E-state index contributed by atoms with van der Waals surface area (Å²) in [5.41, 5.74) is 0.369. The third kappa shape index (κ3) is 9.65. The maximum Gasteiger partial charge on any atom is 0.290 e. The highest BCUT2D eigenvalue weighted by molar-refractivity contribution is 7.91. The number of piperidine rings is 1. The molecule has 0 aromatic heterocycles. The first-order chi connectivity index (χ1) is 22.5. The summed E-state index contributed by atoms with van der Waals surface area (Å²) >= 11 is 0. The Bertz CT molecular complexity index is 1420. The van der Waals surface area contributed by atoms with Crippen molar-refractivity contribution in [1.82, 2.24) is 20.9 Å². The molecule has 1 aromatic rings. The lowest BCUT2D eigenvalue weighted by atomic mass is 9.97. The van der Waals surface area contributed by atoms with Crippen LogP contribution in [0.25, 0.3) is 0 Å². The van der Waals surface area contributed by atoms with E-state index in [0.29, 0.717) is 19.4 Å². The first-order valence-corrected chi connectivity index (χ1v) is 19.3. The van der Waals surface area contributed by atoms with Gasteiger partial charge in [-0.15, -0.1) is 0 Å². The molecule has 1 aliphatic carbocycles. The number of sulfone groups is 1. The second-order valence-electron chi connectivity index (χ2n) is 15.5. The van der Waals surface area contributed by atoms with Crippen molar-refractivity contribution in [2.45, 2.75) is 134 Å². The lowest BCUT2D eigenvalue weighted by Crippen LogP contribution is -2.58. The Labute approximate surface area is 286 Å². The third-order valence-corrected chi connectivity index (χ3v) is 11.8. The number of hydrogen-bond acceptors (Lipinski definition) is 8. The van der Waals surface area contributed by atoms with Crippen LogP contribution in [-0.2, 0) is 33.8 Å². The molecule has 1 saturated carbocycles. The average Bonchev–Trinajstić information content (AvgIpc) is 3.32. The van der Waals surface area contributed by atoms with Gasteiger partial charge < -0.3 is 20.3 Å². The topological polar surface area (TPSA) is 151 Å². The molecular formula is C36H56N4O7S. The van der Waals surface area contributed by atoms with Crippen LogP contribution in [0.2, 0.25) is 0 Å². The van der Waals surface area contributed by atoms with Gasteiger partial charge in [-0.1, -0.05) is 82.9 Å². The fraction of sp³-hybridized carbons (Fsp3) is 0.722. The lowest BCUT2D eigenvalue weighted by molar-refractivity contribution is -0.144. The molecule has 11 nitrogen and oxygen atoms in total. The molecule has 5 atom stereocenters. The van der Waals surface area contributed by atoms with E-state index >= 15 is 0 Å². The van der Waals surface area contributed by atoms with Crippen LogP contribution < -0.4 is 16.0 Å². The zero-order valence-corrected chi connectivity index (χ0v) is 30.4. The van der Waals surface area contributed by atoms with Crippen LogP contribution in [0.5, 0.6) is 0 Å². The lowest BCUT2D eigenvalue weighted by Gasteiger charge is -2.34. The second-order valence-corrected chi connectivity index (χ2v) is 17.4. The summed E-state index contributed by atoms with van der Waals surface area (Å²) in [5, 5.41) is 8.43. The SMILES string of the molecule is Cc1ccc(S(=O)(=O)CNC(=O)C(=O)[C@@H]2CCCCCCCCCCC(NCOC(C)(C)C)C(=O)N3C[C@H]4C(C3C(=O)N2)C4(C)C)cc1. The van der Waals surface area contributed by atoms with E-state index in [1.165, 1.54) is 12.1 Å². The zero-order valence-electron chi connectivity index (χ0n) is 29.6. The minimum absolute atomic E-state index is 0.0417. The largest absolute Gasteiger partial charge is 0.361 e. The molecule has 0 spiro atoms. The molecule has 268 valence electrons. The molecule has 3 amide bonds. The molecule has 3 aliphatic rings. The number of rotatable bonds is 8. The standard InChI is InChI=1S/C36H56N4O7S/c1-24-17-19-25(20-18-24)48(45,46)23-38-33(43)31(41)27-15-13-11-9-7-8-10-12-14-16-28(37-22-47-35(2,3)4)34(44)40-21-26-29(36(26,5)6)30(40)32(42)39-27/h17-20,26-30,37H,7-16,21-23H2,1-6H3,(H,38,43)(H,39,42)/t26-,27-,28?,29?,30?/m0/s1. The summed E-state index contributed by atoms with van der Waals surface area (Å²) in [6, 6.07) is 3.82. The summed E-state index contributed by atoms with van der Waals surface area (Å²) in [7, 11) is -3.88. The Balaban J connectivity index is 1.52. The number of ketones is 1. The zero-order chi connectivity index (χ0) is 35.3. The molecule has 1 aromatic carbocycles. The van der Waals surface area contributed by atoms with Gasteiger partial charge in [0.25, 0.3) is 5.91 Å². The van der Waals surface area contributed by atoms with E-state index in [4.69, 9.17) is 4.74 Å². The van der Waals surface area contributed by atoms with Crippen LogP contribution in [0.15, 0.2) is 29.2 Å². The van der Waals surface area contributed by atoms with Gasteiger partial charge >= 0.3 is 0 Å². The molecule has 3 unspecified atom stereocenters. The van der Waals surface area contributed by atoms with Crippen LogP contribution in [0.4, 0.5) is 0 Å². The van der Waals surface area contributed by atoms with Gasteiger partial charge in [-0.3, -0.25) is 24.5 Å². The Morgan fingerprint density at radius 1 is 0.958 bits per heavy atom. The Morgan fingerprint density at radius 2 is 1.54 bits per heavy atom. The van der Waals surface area contributed by atoms with Crippen molar-refractivity contribution in [1.29, 1.82) is 0 Å². The highest BCUT2D eigenvalue weighted by Gasteiger charge is 2.69. The predicted molar refractivity (Wildman–Crippen MR) is 183 cm³/mol. The summed E-state index contributed by atoms with van der Waals surface area (Å²) in [5.74, 6) is -3.21. The minimum Gasteiger partial charge on any atom is -0.361 e. The highest BCUT2D eigenvalue weighted by Crippen LogP contribution is 2.65. The summed E-state index contributed by atoms with van der Waals surface area (Å²) in [6.07, 6.45) is 8.38. The maximum absolute atomic E-state index is 14.1. The third-order valence-electron chi connectivity index (χ3n) is 10.3. The number of ether oxygens (including phenoxy) is 1. The second kappa shape index (κ2) is 15.8. The number of fused-ring (bicyclic) bond motifs is 3. The van der Waals surface area contributed by atoms with Gasteiger partial charge in [-0.25, -0.2) is 8.42 Å². The van der Waals surface area contributed by atoms with Gasteiger partial charge in [-0.2, -0.15) is 0 Å². The molecule has 0 bridgehead atoms. The molecule has 12 heteroatoms. The van der Waals surface area contributed by atoms with E-state index in [0.717, 1.165) is 50.5 Å². The van der Waals surface area contributed by atoms with E-state index in [1.807, 2.05) is 27.7 Å². The van der Waals surface area contributed by atoms with Crippen molar-refractivity contribution in [2.24, 2.45) is 17.3 Å². The van der Waals surface area contributed by atoms with Crippen molar-refractivity contribution >= 4 is 33.3 Å². The first-order valence-electron chi connectivity index (χ1n) is 17.6. The van der Waals surface area contributed by atoms with E-state index < -0.39 is 51.4 Å². The number of amides is 3. The molecule has 2 saturated heterocycles. The molecule has 3 N–H and O–H groups in total. The number of nitrogens with one attached hydrogen (secondary N) is 3. The normalized spacial score (nSPS) is 27.3. The summed E-state index contributed by atoms with van der Waals surface area (Å²) in [4.78, 5) is 56.6. The van der Waals surface area contributed by atoms with Gasteiger partial charge in [0.15, 0.2) is 9.84 Å². The number of carbonyl (C=O) groups is 4. The number of nitrogens with zero attached hydrogens (tertiary/aromatic N) is 1. The highest BCUT2D eigenvalue weighted by atomic mass is 32.2. The number of carbonyl (C=O) groups excluding carboxylic acids is 4. The van der Waals surface area contributed by atoms with Crippen molar-refractivity contribution in [3.8, 4) is 0 Å². The van der Waals surface area contributed by atoms with Crippen LogP contribution in [0.3, 0.4) is 0 Å². The van der Waals surface area contributed by atoms with E-state index in [9.17, 15) is 27.6 Å². The van der Waals surface area contributed by atoms with Gasteiger partial charge in [0, 0.05) is 6.54 Å². The van der Waals surface area contributed by atoms with Gasteiger partial charge in [0.1, 0.15) is 11.9 Å². The van der Waals surface area contributed by atoms with Crippen LogP contribution >= 0.6 is 0 Å². The smallest absolute Gasteiger partial charge is 0.290 e. The van der Waals surface area contributed by atoms with Gasteiger partial charge in [-0.05, 0) is 69.9 Å². The summed E-state index contributed by atoms with van der Waals surface area (Å²) < 4.78 is 31.6. The van der Waals surface area contributed by atoms with Gasteiger partial charge in [0.05, 0.1) is 29.3 Å². The number of benzene rings is 1. The van der Waals surface area contributed by atoms with Crippen molar-refractivity contribution < 1.29 is 32.3 Å². The van der Waals surface area contributed by atoms with E-state index in [-0.39, 0.29) is 46.8 Å². The Hall–Kier alpha value is -2.83. The molecular weight excluding hydrogens is 632 g/mol. The maximum atomic E-state index is 14.1.